The Balaban J connectivity index is 1.79. The molecule has 2 aliphatic heterocycles. The maximum atomic E-state index is 12.9. The van der Waals surface area contributed by atoms with Crippen LogP contribution in [-0.4, -0.2) is 62.7 Å². The number of rotatable bonds is 3. The Morgan fingerprint density at radius 2 is 1.96 bits per heavy atom. The van der Waals surface area contributed by atoms with E-state index >= 15 is 0 Å². The summed E-state index contributed by atoms with van der Waals surface area (Å²) < 4.78 is 30.5. The van der Waals surface area contributed by atoms with Crippen molar-refractivity contribution in [2.45, 2.75) is 9.79 Å². The Hall–Kier alpha value is -2.27. The molecule has 1 N–H and O–H groups in total. The Kier molecular flexibility index (Phi) is 4.07. The number of H-pyrrole nitrogens is 1. The van der Waals surface area contributed by atoms with Crippen molar-refractivity contribution in [3.63, 3.8) is 0 Å². The topological polar surface area (TPSA) is 115 Å². The summed E-state index contributed by atoms with van der Waals surface area (Å²) >= 11 is 0. The predicted octanol–water partition coefficient (Wildman–Crippen LogP) is 0.399. The number of nitrogens with zero attached hydrogens (tertiary/aromatic N) is 3. The molecule has 1 aromatic heterocycles. The molecule has 138 valence electrons. The van der Waals surface area contributed by atoms with Gasteiger partial charge in [0.1, 0.15) is 23.7 Å². The molecule has 0 radical (unpaired) electrons. The Bertz CT molecular complexity index is 998. The van der Waals surface area contributed by atoms with Gasteiger partial charge in [0.15, 0.2) is 0 Å². The van der Waals surface area contributed by atoms with Gasteiger partial charge in [0.2, 0.25) is 9.84 Å². The van der Waals surface area contributed by atoms with Gasteiger partial charge in [-0.25, -0.2) is 13.5 Å². The summed E-state index contributed by atoms with van der Waals surface area (Å²) in [6.07, 6.45) is 1.14. The second-order valence-corrected chi connectivity index (χ2v) is 8.26. The van der Waals surface area contributed by atoms with Crippen LogP contribution in [0.4, 0.5) is 11.4 Å². The fourth-order valence-electron chi connectivity index (χ4n) is 3.39. The zero-order chi connectivity index (χ0) is 18.4. The molecule has 2 aliphatic rings. The molecule has 0 saturated carbocycles. The van der Waals surface area contributed by atoms with E-state index in [1.807, 2.05) is 0 Å². The first-order valence-electron chi connectivity index (χ1n) is 8.27. The number of hydrogen-bond acceptors (Lipinski definition) is 7. The van der Waals surface area contributed by atoms with Gasteiger partial charge < -0.3 is 19.5 Å². The van der Waals surface area contributed by atoms with Crippen LogP contribution < -0.4 is 10.5 Å². The highest BCUT2D eigenvalue weighted by Gasteiger charge is 2.37. The molecular weight excluding hydrogens is 360 g/mol. The number of quaternary nitrogens is 1. The van der Waals surface area contributed by atoms with Gasteiger partial charge in [-0.1, -0.05) is 12.1 Å². The van der Waals surface area contributed by atoms with Crippen molar-refractivity contribution in [2.24, 2.45) is 0 Å². The molecule has 26 heavy (non-hydrogen) atoms. The van der Waals surface area contributed by atoms with Gasteiger partial charge in [0, 0.05) is 0 Å². The molecule has 3 heterocycles. The lowest BCUT2D eigenvalue weighted by Gasteiger charge is -2.46. The van der Waals surface area contributed by atoms with Crippen molar-refractivity contribution in [1.29, 1.82) is 0 Å². The van der Waals surface area contributed by atoms with Crippen LogP contribution in [0.3, 0.4) is 0 Å². The van der Waals surface area contributed by atoms with Gasteiger partial charge in [-0.15, -0.1) is 0 Å². The maximum absolute atomic E-state index is 12.9. The number of sulfone groups is 1. The van der Waals surface area contributed by atoms with Crippen molar-refractivity contribution < 1.29 is 17.8 Å². The lowest BCUT2D eigenvalue weighted by atomic mass is 10.2. The average molecular weight is 378 g/mol. The van der Waals surface area contributed by atoms with Crippen LogP contribution in [0.15, 0.2) is 45.0 Å². The first-order chi connectivity index (χ1) is 12.4. The van der Waals surface area contributed by atoms with E-state index in [1.54, 1.807) is 23.1 Å². The molecule has 0 spiro atoms. The van der Waals surface area contributed by atoms with Crippen LogP contribution in [0.5, 0.6) is 0 Å². The van der Waals surface area contributed by atoms with Gasteiger partial charge in [0.05, 0.1) is 43.1 Å². The molecule has 0 atom stereocenters. The number of morpholine rings is 1. The van der Waals surface area contributed by atoms with Crippen molar-refractivity contribution in [1.82, 2.24) is 10.2 Å². The van der Waals surface area contributed by atoms with E-state index in [0.717, 1.165) is 6.20 Å². The molecule has 1 fully saturated rings. The zero-order valence-electron chi connectivity index (χ0n) is 13.9. The predicted molar refractivity (Wildman–Crippen MR) is 92.8 cm³/mol. The monoisotopic (exact) mass is 378 g/mol. The molecule has 0 amide bonds. The smallest absolute Gasteiger partial charge is 0.289 e. The number of aromatic nitrogens is 2. The fraction of sp³-hybridized carbons (Fsp3) is 0.375. The normalized spacial score (nSPS) is 20.3. The first kappa shape index (κ1) is 17.2. The van der Waals surface area contributed by atoms with Gasteiger partial charge in [-0.2, -0.15) is 5.10 Å². The molecule has 9 nitrogen and oxygen atoms in total. The highest BCUT2D eigenvalue weighted by atomic mass is 32.2. The third kappa shape index (κ3) is 2.71. The minimum Gasteiger partial charge on any atom is -0.633 e. The van der Waals surface area contributed by atoms with E-state index in [9.17, 15) is 18.4 Å². The standard InChI is InChI=1S/C16H18N4O5S/c21-16-15-14(11-17-18-16)26(23,24)13-4-2-1-3-12(13)19(15)5-6-20(22)7-9-25-10-8-20/h1-4,11H,5-10H2,(H,18,21). The summed E-state index contributed by atoms with van der Waals surface area (Å²) in [4.78, 5) is 14.0. The lowest BCUT2D eigenvalue weighted by Crippen LogP contribution is -2.53. The molecule has 0 bridgehead atoms. The number of benzene rings is 1. The van der Waals surface area contributed by atoms with Crippen LogP contribution >= 0.6 is 0 Å². The quantitative estimate of drug-likeness (QED) is 0.607. The summed E-state index contributed by atoms with van der Waals surface area (Å²) in [7, 11) is -3.84. The number of hydroxylamine groups is 3. The van der Waals surface area contributed by atoms with Crippen molar-refractivity contribution in [3.8, 4) is 0 Å². The fourth-order valence-corrected chi connectivity index (χ4v) is 4.99. The number of ether oxygens (including phenoxy) is 1. The Labute approximate surface area is 149 Å². The molecule has 1 aromatic carbocycles. The summed E-state index contributed by atoms with van der Waals surface area (Å²) in [5.74, 6) is 0. The van der Waals surface area contributed by atoms with Gasteiger partial charge in [-0.05, 0) is 12.1 Å². The van der Waals surface area contributed by atoms with Crippen LogP contribution in [0.1, 0.15) is 0 Å². The molecular formula is C16H18N4O5S. The summed E-state index contributed by atoms with van der Waals surface area (Å²) in [5.41, 5.74) is -0.185. The SMILES string of the molecule is O=c1[nH]ncc2c1N(CC[N+]1([O-])CCOCC1)c1ccccc1S2(=O)=O. The Morgan fingerprint density at radius 3 is 2.73 bits per heavy atom. The molecule has 2 aromatic rings. The molecule has 0 unspecified atom stereocenters. The van der Waals surface area contributed by atoms with Gasteiger partial charge in [-0.3, -0.25) is 4.79 Å². The minimum atomic E-state index is -3.84. The van der Waals surface area contributed by atoms with Gasteiger partial charge >= 0.3 is 0 Å². The molecule has 4 rings (SSSR count). The second kappa shape index (κ2) is 6.16. The number of aromatic amines is 1. The number of anilines is 2. The molecule has 0 aliphatic carbocycles. The van der Waals surface area contributed by atoms with Gasteiger partial charge in [0.25, 0.3) is 5.56 Å². The number of hydrogen-bond donors (Lipinski definition) is 1. The van der Waals surface area contributed by atoms with E-state index in [4.69, 9.17) is 4.74 Å². The highest BCUT2D eigenvalue weighted by Crippen LogP contribution is 2.41. The Morgan fingerprint density at radius 1 is 1.23 bits per heavy atom. The zero-order valence-corrected chi connectivity index (χ0v) is 14.7. The van der Waals surface area contributed by atoms with Crippen LogP contribution in [0, 0.1) is 5.21 Å². The van der Waals surface area contributed by atoms with E-state index in [0.29, 0.717) is 32.0 Å². The molecule has 10 heteroatoms. The average Bonchev–Trinajstić information content (AvgIpc) is 2.63. The summed E-state index contributed by atoms with van der Waals surface area (Å²) in [5, 5.41) is 18.7. The largest absolute Gasteiger partial charge is 0.633 e. The minimum absolute atomic E-state index is 0.0126. The van der Waals surface area contributed by atoms with E-state index in [-0.39, 0.29) is 28.6 Å². The lowest BCUT2D eigenvalue weighted by molar-refractivity contribution is -0.887. The van der Waals surface area contributed by atoms with E-state index < -0.39 is 20.0 Å². The van der Waals surface area contributed by atoms with Crippen LogP contribution in [0.25, 0.3) is 0 Å². The second-order valence-electron chi connectivity index (χ2n) is 6.38. The van der Waals surface area contributed by atoms with Crippen LogP contribution in [0.2, 0.25) is 0 Å². The van der Waals surface area contributed by atoms with Crippen molar-refractivity contribution >= 4 is 21.2 Å². The first-order valence-corrected chi connectivity index (χ1v) is 9.75. The van der Waals surface area contributed by atoms with Crippen molar-refractivity contribution in [2.75, 3.05) is 44.3 Å². The summed E-state index contributed by atoms with van der Waals surface area (Å²) in [6, 6.07) is 6.48. The maximum Gasteiger partial charge on any atom is 0.289 e. The third-order valence-corrected chi connectivity index (χ3v) is 6.62. The number of para-hydroxylation sites is 1. The molecule has 1 saturated heterocycles. The third-order valence-electron chi connectivity index (χ3n) is 4.82. The summed E-state index contributed by atoms with van der Waals surface area (Å²) in [6.45, 7) is 1.92. The van der Waals surface area contributed by atoms with E-state index in [1.165, 1.54) is 6.07 Å². The highest BCUT2D eigenvalue weighted by molar-refractivity contribution is 7.92. The number of nitrogens with one attached hydrogen (secondary N) is 1. The number of fused-ring (bicyclic) bond motifs is 2. The van der Waals surface area contributed by atoms with E-state index in [2.05, 4.69) is 10.2 Å². The van der Waals surface area contributed by atoms with Crippen LogP contribution in [-0.2, 0) is 14.6 Å². The van der Waals surface area contributed by atoms with Crippen molar-refractivity contribution in [3.05, 3.63) is 46.0 Å².